The molecular weight excluding hydrogens is 378 g/mol. The largest absolute Gasteiger partial charge is 0.307 e. The molecule has 3 heteroatoms. The minimum absolute atomic E-state index is 0.109. The van der Waals surface area contributed by atoms with Crippen molar-refractivity contribution in [3.05, 3.63) is 106 Å². The summed E-state index contributed by atoms with van der Waals surface area (Å²) in [5.41, 5.74) is 2.85. The average molecular weight is 406 g/mol. The van der Waals surface area contributed by atoms with E-state index >= 15 is 0 Å². The second-order valence-electron chi connectivity index (χ2n) is 7.94. The van der Waals surface area contributed by atoms with Crippen molar-refractivity contribution in [1.29, 1.82) is 0 Å². The monoisotopic (exact) mass is 405 g/mol. The molecule has 0 saturated carbocycles. The van der Waals surface area contributed by atoms with Crippen molar-refractivity contribution >= 4 is 17.4 Å². The maximum absolute atomic E-state index is 14.3. The quantitative estimate of drug-likeness (QED) is 0.439. The number of carbonyl (C=O) groups excluding carboxylic acids is 1. The Labute approximate surface area is 179 Å². The number of hydrogen-bond acceptors (Lipinski definition) is 2. The van der Waals surface area contributed by atoms with E-state index in [0.29, 0.717) is 17.0 Å². The Kier molecular flexibility index (Phi) is 6.56. The smallest absolute Gasteiger partial charge is 0.178 e. The zero-order valence-corrected chi connectivity index (χ0v) is 18.3. The van der Waals surface area contributed by atoms with Gasteiger partial charge in [-0.3, -0.25) is 4.79 Å². The Morgan fingerprint density at radius 1 is 0.931 bits per heavy atom. The number of carbonyl (C=O) groups is 1. The van der Waals surface area contributed by atoms with Crippen molar-refractivity contribution < 1.29 is 4.79 Å². The maximum Gasteiger partial charge on any atom is 0.178 e. The van der Waals surface area contributed by atoms with Crippen molar-refractivity contribution in [1.82, 2.24) is 4.90 Å². The Bertz CT molecular complexity index is 927. The summed E-state index contributed by atoms with van der Waals surface area (Å²) in [5.74, 6) is 0.109. The summed E-state index contributed by atoms with van der Waals surface area (Å²) in [4.78, 5) is 16.5. The summed E-state index contributed by atoms with van der Waals surface area (Å²) < 4.78 is 0. The molecule has 1 atom stereocenters. The molecule has 3 aromatic rings. The number of Topliss-reactive ketones (excluding diaryl/α,β-unsaturated/α-hetero) is 1. The van der Waals surface area contributed by atoms with Gasteiger partial charge in [0.15, 0.2) is 5.78 Å². The molecule has 3 aromatic carbocycles. The zero-order chi connectivity index (χ0) is 21.0. The van der Waals surface area contributed by atoms with E-state index in [-0.39, 0.29) is 11.8 Å². The summed E-state index contributed by atoms with van der Waals surface area (Å²) in [5, 5.41) is 0.644. The lowest BCUT2D eigenvalue weighted by atomic mass is 9.65. The lowest BCUT2D eigenvalue weighted by Gasteiger charge is -2.38. The van der Waals surface area contributed by atoms with E-state index in [4.69, 9.17) is 11.6 Å². The molecule has 0 bridgehead atoms. The van der Waals surface area contributed by atoms with Crippen LogP contribution in [0.25, 0.3) is 0 Å². The SMILES string of the molecule is Cc1cc(Cl)ccc1C(=O)C(C[C@H](C)N(C)C)(c1ccccc1)c1ccccc1. The van der Waals surface area contributed by atoms with Crippen LogP contribution in [0.4, 0.5) is 0 Å². The van der Waals surface area contributed by atoms with Crippen LogP contribution in [0.15, 0.2) is 78.9 Å². The highest BCUT2D eigenvalue weighted by atomic mass is 35.5. The first kappa shape index (κ1) is 21.3. The molecule has 0 N–H and O–H groups in total. The van der Waals surface area contributed by atoms with Crippen LogP contribution >= 0.6 is 11.6 Å². The Morgan fingerprint density at radius 3 is 1.90 bits per heavy atom. The van der Waals surface area contributed by atoms with E-state index in [2.05, 4.69) is 50.2 Å². The van der Waals surface area contributed by atoms with Crippen LogP contribution in [0.3, 0.4) is 0 Å². The van der Waals surface area contributed by atoms with Gasteiger partial charge in [0, 0.05) is 16.6 Å². The molecule has 0 saturated heterocycles. The van der Waals surface area contributed by atoms with Crippen molar-refractivity contribution in [2.75, 3.05) is 14.1 Å². The molecule has 0 radical (unpaired) electrons. The fraction of sp³-hybridized carbons (Fsp3) is 0.269. The predicted octanol–water partition coefficient (Wildman–Crippen LogP) is 6.16. The number of benzene rings is 3. The first-order chi connectivity index (χ1) is 13.9. The Hall–Kier alpha value is -2.42. The highest BCUT2D eigenvalue weighted by Crippen LogP contribution is 2.41. The fourth-order valence-corrected chi connectivity index (χ4v) is 4.17. The third-order valence-corrected chi connectivity index (χ3v) is 6.07. The predicted molar refractivity (Wildman–Crippen MR) is 122 cm³/mol. The normalized spacial score (nSPS) is 12.8. The molecule has 29 heavy (non-hydrogen) atoms. The molecule has 0 aliphatic carbocycles. The molecule has 2 nitrogen and oxygen atoms in total. The number of aryl methyl sites for hydroxylation is 1. The molecule has 3 rings (SSSR count). The summed E-state index contributed by atoms with van der Waals surface area (Å²) in [6, 6.07) is 26.0. The summed E-state index contributed by atoms with van der Waals surface area (Å²) in [7, 11) is 4.12. The fourth-order valence-electron chi connectivity index (χ4n) is 3.94. The van der Waals surface area contributed by atoms with Crippen LogP contribution < -0.4 is 0 Å². The minimum Gasteiger partial charge on any atom is -0.307 e. The number of halogens is 1. The van der Waals surface area contributed by atoms with Crippen LogP contribution in [0, 0.1) is 6.92 Å². The zero-order valence-electron chi connectivity index (χ0n) is 17.5. The van der Waals surface area contributed by atoms with Crippen molar-refractivity contribution in [2.45, 2.75) is 31.7 Å². The molecule has 0 unspecified atom stereocenters. The van der Waals surface area contributed by atoms with Gasteiger partial charge in [0.05, 0.1) is 5.41 Å². The molecule has 0 spiro atoms. The summed E-state index contributed by atoms with van der Waals surface area (Å²) >= 11 is 6.18. The number of nitrogens with zero attached hydrogens (tertiary/aromatic N) is 1. The Balaban J connectivity index is 2.30. The van der Waals surface area contributed by atoms with E-state index in [1.165, 1.54) is 0 Å². The third kappa shape index (κ3) is 4.29. The van der Waals surface area contributed by atoms with Crippen molar-refractivity contribution in [3.8, 4) is 0 Å². The molecule has 0 aliphatic heterocycles. The van der Waals surface area contributed by atoms with Crippen LogP contribution in [-0.2, 0) is 5.41 Å². The lowest BCUT2D eigenvalue weighted by molar-refractivity contribution is 0.0881. The number of rotatable bonds is 7. The van der Waals surface area contributed by atoms with E-state index in [1.54, 1.807) is 6.07 Å². The van der Waals surface area contributed by atoms with E-state index in [1.807, 2.05) is 55.5 Å². The standard InChI is InChI=1S/C26H28ClNO/c1-19-17-23(27)15-16-24(19)25(29)26(18-20(2)28(3)4,21-11-7-5-8-12-21)22-13-9-6-10-14-22/h5-17,20H,18H2,1-4H3/t20-/m0/s1. The van der Waals surface area contributed by atoms with Gasteiger partial charge in [-0.2, -0.15) is 0 Å². The van der Waals surface area contributed by atoms with Gasteiger partial charge in [0.2, 0.25) is 0 Å². The van der Waals surface area contributed by atoms with Gasteiger partial charge in [-0.25, -0.2) is 0 Å². The third-order valence-electron chi connectivity index (χ3n) is 5.84. The van der Waals surface area contributed by atoms with Gasteiger partial charge >= 0.3 is 0 Å². The topological polar surface area (TPSA) is 20.3 Å². The first-order valence-corrected chi connectivity index (χ1v) is 10.3. The molecule has 150 valence electrons. The van der Waals surface area contributed by atoms with Crippen LogP contribution in [-0.4, -0.2) is 30.8 Å². The summed E-state index contributed by atoms with van der Waals surface area (Å²) in [6.45, 7) is 4.12. The van der Waals surface area contributed by atoms with Crippen molar-refractivity contribution in [3.63, 3.8) is 0 Å². The Morgan fingerprint density at radius 2 is 1.45 bits per heavy atom. The van der Waals surface area contributed by atoms with Crippen molar-refractivity contribution in [2.24, 2.45) is 0 Å². The van der Waals surface area contributed by atoms with Gasteiger partial charge in [0.25, 0.3) is 0 Å². The van der Waals surface area contributed by atoms with Crippen LogP contribution in [0.5, 0.6) is 0 Å². The summed E-state index contributed by atoms with van der Waals surface area (Å²) in [6.07, 6.45) is 0.676. The number of ketones is 1. The van der Waals surface area contributed by atoms with E-state index in [9.17, 15) is 4.79 Å². The van der Waals surface area contributed by atoms with Gasteiger partial charge < -0.3 is 4.90 Å². The van der Waals surface area contributed by atoms with Gasteiger partial charge in [-0.1, -0.05) is 72.3 Å². The van der Waals surface area contributed by atoms with Crippen LogP contribution in [0.1, 0.15) is 40.4 Å². The van der Waals surface area contributed by atoms with Gasteiger partial charge in [-0.15, -0.1) is 0 Å². The average Bonchev–Trinajstić information content (AvgIpc) is 2.72. The second-order valence-corrected chi connectivity index (χ2v) is 8.38. The van der Waals surface area contributed by atoms with Crippen LogP contribution in [0.2, 0.25) is 5.02 Å². The molecule has 0 aliphatic rings. The molecule has 0 amide bonds. The molecule has 0 aromatic heterocycles. The molecule has 0 heterocycles. The molecule has 0 fully saturated rings. The molecular formula is C26H28ClNO. The second kappa shape index (κ2) is 8.94. The first-order valence-electron chi connectivity index (χ1n) is 9.94. The maximum atomic E-state index is 14.3. The number of hydrogen-bond donors (Lipinski definition) is 0. The highest BCUT2D eigenvalue weighted by Gasteiger charge is 2.44. The minimum atomic E-state index is -0.787. The highest BCUT2D eigenvalue weighted by molar-refractivity contribution is 6.30. The van der Waals surface area contributed by atoms with E-state index in [0.717, 1.165) is 16.7 Å². The van der Waals surface area contributed by atoms with Gasteiger partial charge in [0.1, 0.15) is 0 Å². The lowest BCUT2D eigenvalue weighted by Crippen LogP contribution is -2.43. The van der Waals surface area contributed by atoms with Gasteiger partial charge in [-0.05, 0) is 69.3 Å². The van der Waals surface area contributed by atoms with E-state index < -0.39 is 5.41 Å².